The quantitative estimate of drug-likeness (QED) is 0.475. The molecule has 1 saturated carbocycles. The summed E-state index contributed by atoms with van der Waals surface area (Å²) in [4.78, 5) is 30.1. The molecule has 2 aliphatic rings. The second kappa shape index (κ2) is 9.09. The number of anilines is 1. The van der Waals surface area contributed by atoms with Gasteiger partial charge in [-0.2, -0.15) is 18.3 Å². The van der Waals surface area contributed by atoms with Crippen molar-refractivity contribution in [2.75, 3.05) is 18.8 Å². The van der Waals surface area contributed by atoms with Gasteiger partial charge in [0.1, 0.15) is 23.8 Å². The van der Waals surface area contributed by atoms with Crippen LogP contribution in [0.4, 0.5) is 36.6 Å². The van der Waals surface area contributed by atoms with E-state index in [-0.39, 0.29) is 23.4 Å². The summed E-state index contributed by atoms with van der Waals surface area (Å²) in [7, 11) is 0. The number of carbonyl (C=O) groups is 2. The lowest BCUT2D eigenvalue weighted by Crippen LogP contribution is -2.47. The SMILES string of the molecule is Cc1cc(F)c(-c2cc(C(F)(F)F)c3c(N)ncnn23)cc1C(=O)NC1CN(C(=O)C2CC(F)(F)C2)C[C@@H]1F. The zero-order valence-corrected chi connectivity index (χ0v) is 20.2. The van der Waals surface area contributed by atoms with Gasteiger partial charge in [-0.3, -0.25) is 9.59 Å². The highest BCUT2D eigenvalue weighted by atomic mass is 19.4. The third-order valence-corrected chi connectivity index (χ3v) is 7.04. The molecule has 0 radical (unpaired) electrons. The number of hydrogen-bond donors (Lipinski definition) is 2. The number of aryl methyl sites for hydroxylation is 1. The van der Waals surface area contributed by atoms with Crippen LogP contribution in [0.1, 0.15) is 34.3 Å². The van der Waals surface area contributed by atoms with Crippen molar-refractivity contribution in [3.63, 3.8) is 0 Å². The van der Waals surface area contributed by atoms with Crippen LogP contribution in [-0.4, -0.2) is 62.5 Å². The Morgan fingerprint density at radius 3 is 2.49 bits per heavy atom. The third kappa shape index (κ3) is 4.74. The van der Waals surface area contributed by atoms with Gasteiger partial charge in [-0.25, -0.2) is 27.1 Å². The maximum atomic E-state index is 15.0. The number of halogens is 7. The number of nitrogens with one attached hydrogen (secondary N) is 1. The van der Waals surface area contributed by atoms with E-state index in [1.165, 1.54) is 6.92 Å². The van der Waals surface area contributed by atoms with Gasteiger partial charge in [-0.05, 0) is 30.7 Å². The predicted octanol–water partition coefficient (Wildman–Crippen LogP) is 3.77. The minimum absolute atomic E-state index is 0.109. The molecule has 2 amide bonds. The van der Waals surface area contributed by atoms with Gasteiger partial charge in [-0.1, -0.05) is 0 Å². The van der Waals surface area contributed by atoms with Crippen LogP contribution in [0, 0.1) is 18.7 Å². The minimum Gasteiger partial charge on any atom is -0.382 e. The van der Waals surface area contributed by atoms with Crippen molar-refractivity contribution in [2.24, 2.45) is 5.92 Å². The van der Waals surface area contributed by atoms with Gasteiger partial charge in [0.2, 0.25) is 11.8 Å². The number of nitrogens with two attached hydrogens (primary N) is 1. The highest BCUT2D eigenvalue weighted by molar-refractivity contribution is 5.97. The van der Waals surface area contributed by atoms with Gasteiger partial charge < -0.3 is 16.0 Å². The first-order valence-electron chi connectivity index (χ1n) is 11.8. The molecule has 1 unspecified atom stereocenters. The fraction of sp³-hybridized carbons (Fsp3) is 0.417. The van der Waals surface area contributed by atoms with Gasteiger partial charge in [0, 0.05) is 36.4 Å². The van der Waals surface area contributed by atoms with Crippen molar-refractivity contribution in [3.8, 4) is 11.3 Å². The average Bonchev–Trinajstić information content (AvgIpc) is 3.39. The molecular formula is C24H21F7N6O2. The van der Waals surface area contributed by atoms with E-state index in [0.29, 0.717) is 6.07 Å². The summed E-state index contributed by atoms with van der Waals surface area (Å²) in [6, 6.07) is 1.42. The summed E-state index contributed by atoms with van der Waals surface area (Å²) in [5.74, 6) is -6.77. The van der Waals surface area contributed by atoms with E-state index in [1.807, 2.05) is 0 Å². The standard InChI is InChI=1S/C24H21F7N6O2/c1-10-2-15(25)13(18-4-14(24(29,30)31)19-20(32)33-9-34-37(18)19)3-12(10)21(38)35-17-8-36(7-16(17)26)22(39)11-5-23(27,28)6-11/h2-4,9,11,16-17H,5-8H2,1H3,(H,35,38)(H2,32,33,34)/t16-,17?/m0/s1. The normalized spacial score (nSPS) is 21.3. The van der Waals surface area contributed by atoms with Gasteiger partial charge in [0.25, 0.3) is 5.91 Å². The van der Waals surface area contributed by atoms with E-state index in [0.717, 1.165) is 27.9 Å². The van der Waals surface area contributed by atoms with Crippen LogP contribution < -0.4 is 11.1 Å². The van der Waals surface area contributed by atoms with Crippen molar-refractivity contribution < 1.29 is 40.3 Å². The van der Waals surface area contributed by atoms with Crippen LogP contribution in [0.5, 0.6) is 0 Å². The Balaban J connectivity index is 1.42. The average molecular weight is 558 g/mol. The Labute approximate surface area is 216 Å². The maximum Gasteiger partial charge on any atom is 0.418 e. The molecule has 3 heterocycles. The lowest BCUT2D eigenvalue weighted by atomic mass is 9.80. The molecule has 208 valence electrons. The van der Waals surface area contributed by atoms with Gasteiger partial charge in [0.05, 0.1) is 23.8 Å². The Kier molecular flexibility index (Phi) is 6.22. The summed E-state index contributed by atoms with van der Waals surface area (Å²) >= 11 is 0. The molecule has 1 aromatic carbocycles. The first-order valence-corrected chi connectivity index (χ1v) is 11.8. The molecule has 3 aromatic rings. The molecule has 0 spiro atoms. The third-order valence-electron chi connectivity index (χ3n) is 7.04. The van der Waals surface area contributed by atoms with Crippen LogP contribution in [-0.2, 0) is 11.0 Å². The summed E-state index contributed by atoms with van der Waals surface area (Å²) in [6.07, 6.45) is -6.90. The van der Waals surface area contributed by atoms with Crippen molar-refractivity contribution in [1.29, 1.82) is 0 Å². The molecule has 2 fully saturated rings. The number of nitrogen functional groups attached to an aromatic ring is 1. The Morgan fingerprint density at radius 1 is 1.15 bits per heavy atom. The number of hydrogen-bond acceptors (Lipinski definition) is 5. The molecule has 1 saturated heterocycles. The summed E-state index contributed by atoms with van der Waals surface area (Å²) in [5.41, 5.74) is 3.03. The Hall–Kier alpha value is -3.91. The zero-order valence-electron chi connectivity index (χ0n) is 20.2. The summed E-state index contributed by atoms with van der Waals surface area (Å²) in [6.45, 7) is 0.736. The van der Waals surface area contributed by atoms with Crippen LogP contribution >= 0.6 is 0 Å². The highest BCUT2D eigenvalue weighted by Crippen LogP contribution is 2.44. The second-order valence-electron chi connectivity index (χ2n) is 9.79. The van der Waals surface area contributed by atoms with Crippen LogP contribution in [0.15, 0.2) is 24.5 Å². The Bertz CT molecular complexity index is 1480. The predicted molar refractivity (Wildman–Crippen MR) is 123 cm³/mol. The number of likely N-dealkylation sites (tertiary alicyclic amines) is 1. The Morgan fingerprint density at radius 2 is 1.85 bits per heavy atom. The molecule has 1 aliphatic heterocycles. The summed E-state index contributed by atoms with van der Waals surface area (Å²) < 4.78 is 97.8. The van der Waals surface area contributed by atoms with Gasteiger partial charge >= 0.3 is 6.18 Å². The molecule has 15 heteroatoms. The van der Waals surface area contributed by atoms with E-state index >= 15 is 4.39 Å². The van der Waals surface area contributed by atoms with Gasteiger partial charge in [0.15, 0.2) is 5.82 Å². The molecule has 8 nitrogen and oxygen atoms in total. The van der Waals surface area contributed by atoms with Gasteiger partial charge in [-0.15, -0.1) is 0 Å². The number of alkyl halides is 6. The van der Waals surface area contributed by atoms with Crippen LogP contribution in [0.2, 0.25) is 0 Å². The lowest BCUT2D eigenvalue weighted by molar-refractivity contribution is -0.159. The maximum absolute atomic E-state index is 15.0. The number of amides is 2. The fourth-order valence-corrected chi connectivity index (χ4v) is 5.01. The minimum atomic E-state index is -4.87. The van der Waals surface area contributed by atoms with E-state index in [2.05, 4.69) is 15.4 Å². The molecule has 3 N–H and O–H groups in total. The molecule has 0 bridgehead atoms. The first kappa shape index (κ1) is 26.7. The molecule has 2 aromatic heterocycles. The molecule has 39 heavy (non-hydrogen) atoms. The number of fused-ring (bicyclic) bond motifs is 1. The number of aromatic nitrogens is 3. The van der Waals surface area contributed by atoms with Crippen molar-refractivity contribution in [2.45, 2.75) is 44.1 Å². The molecular weight excluding hydrogens is 537 g/mol. The number of benzene rings is 1. The first-order chi connectivity index (χ1) is 18.2. The van der Waals surface area contributed by atoms with E-state index in [9.17, 15) is 35.9 Å². The number of rotatable bonds is 4. The zero-order chi connectivity index (χ0) is 28.4. The lowest BCUT2D eigenvalue weighted by Gasteiger charge is -2.36. The fourth-order valence-electron chi connectivity index (χ4n) is 5.01. The molecule has 1 aliphatic carbocycles. The number of carbonyl (C=O) groups excluding carboxylic acids is 2. The molecule has 5 rings (SSSR count). The smallest absolute Gasteiger partial charge is 0.382 e. The van der Waals surface area contributed by atoms with Crippen LogP contribution in [0.3, 0.4) is 0 Å². The number of nitrogens with zero attached hydrogens (tertiary/aromatic N) is 4. The van der Waals surface area contributed by atoms with Crippen molar-refractivity contribution >= 4 is 23.1 Å². The largest absolute Gasteiger partial charge is 0.418 e. The van der Waals surface area contributed by atoms with Crippen molar-refractivity contribution in [1.82, 2.24) is 24.8 Å². The highest BCUT2D eigenvalue weighted by Gasteiger charge is 2.51. The second-order valence-corrected chi connectivity index (χ2v) is 9.79. The molecule has 2 atom stereocenters. The van der Waals surface area contributed by atoms with Crippen LogP contribution in [0.25, 0.3) is 16.8 Å². The summed E-state index contributed by atoms with van der Waals surface area (Å²) in [5, 5.41) is 6.19. The van der Waals surface area contributed by atoms with E-state index in [4.69, 9.17) is 5.73 Å². The monoisotopic (exact) mass is 558 g/mol. The van der Waals surface area contributed by atoms with Crippen molar-refractivity contribution in [3.05, 3.63) is 47.0 Å². The van der Waals surface area contributed by atoms with E-state index in [1.54, 1.807) is 0 Å². The van der Waals surface area contributed by atoms with E-state index < -0.39 is 89.7 Å². The topological polar surface area (TPSA) is 106 Å².